The van der Waals surface area contributed by atoms with Crippen LogP contribution in [-0.2, 0) is 9.59 Å². The van der Waals surface area contributed by atoms with E-state index in [0.717, 1.165) is 5.01 Å². The van der Waals surface area contributed by atoms with E-state index in [-0.39, 0.29) is 11.3 Å². The number of anilines is 1. The summed E-state index contributed by atoms with van der Waals surface area (Å²) in [7, 11) is 0. The van der Waals surface area contributed by atoms with Crippen molar-refractivity contribution in [2.75, 3.05) is 5.01 Å². The van der Waals surface area contributed by atoms with E-state index in [9.17, 15) is 19.1 Å². The highest BCUT2D eigenvalue weighted by Gasteiger charge is 2.34. The number of benzene rings is 2. The first-order valence-corrected chi connectivity index (χ1v) is 6.46. The number of amides is 2. The van der Waals surface area contributed by atoms with E-state index < -0.39 is 17.6 Å². The van der Waals surface area contributed by atoms with Crippen LogP contribution in [0.5, 0.6) is 5.75 Å². The van der Waals surface area contributed by atoms with Gasteiger partial charge in [0.05, 0.1) is 5.69 Å². The predicted molar refractivity (Wildman–Crippen MR) is 78.1 cm³/mol. The average molecular weight is 298 g/mol. The maximum Gasteiger partial charge on any atom is 0.282 e. The maximum absolute atomic E-state index is 12.9. The Labute approximate surface area is 125 Å². The highest BCUT2D eigenvalue weighted by Crippen LogP contribution is 2.22. The topological polar surface area (TPSA) is 69.6 Å². The van der Waals surface area contributed by atoms with Gasteiger partial charge in [-0.25, -0.2) is 9.40 Å². The van der Waals surface area contributed by atoms with Gasteiger partial charge in [-0.1, -0.05) is 12.1 Å². The van der Waals surface area contributed by atoms with Crippen molar-refractivity contribution in [2.45, 2.75) is 0 Å². The van der Waals surface area contributed by atoms with Gasteiger partial charge in [0.2, 0.25) is 0 Å². The molecule has 1 saturated heterocycles. The van der Waals surface area contributed by atoms with Crippen molar-refractivity contribution in [1.29, 1.82) is 0 Å². The van der Waals surface area contributed by atoms with Crippen LogP contribution in [0.4, 0.5) is 10.1 Å². The standard InChI is InChI=1S/C16H11FN2O3/c17-11-4-6-12(7-5-11)19-16(22)14(15(21)18-19)9-10-2-1-3-13(20)8-10/h1-9,20H,(H,18,21). The molecular weight excluding hydrogens is 287 g/mol. The summed E-state index contributed by atoms with van der Waals surface area (Å²) < 4.78 is 12.9. The molecule has 2 amide bonds. The van der Waals surface area contributed by atoms with Crippen molar-refractivity contribution < 1.29 is 19.1 Å². The van der Waals surface area contributed by atoms with Gasteiger partial charge >= 0.3 is 0 Å². The van der Waals surface area contributed by atoms with Gasteiger partial charge < -0.3 is 5.11 Å². The molecule has 2 N–H and O–H groups in total. The molecule has 2 aromatic carbocycles. The van der Waals surface area contributed by atoms with Crippen molar-refractivity contribution >= 4 is 23.6 Å². The number of hydrogen-bond donors (Lipinski definition) is 2. The normalized spacial score (nSPS) is 16.2. The summed E-state index contributed by atoms with van der Waals surface area (Å²) in [4.78, 5) is 24.3. The van der Waals surface area contributed by atoms with Gasteiger partial charge in [0.1, 0.15) is 17.1 Å². The maximum atomic E-state index is 12.9. The lowest BCUT2D eigenvalue weighted by Gasteiger charge is -2.14. The summed E-state index contributed by atoms with van der Waals surface area (Å²) in [6.07, 6.45) is 1.39. The van der Waals surface area contributed by atoms with Crippen molar-refractivity contribution in [2.24, 2.45) is 0 Å². The number of nitrogens with one attached hydrogen (secondary N) is 1. The molecule has 5 nitrogen and oxygen atoms in total. The number of rotatable bonds is 2. The summed E-state index contributed by atoms with van der Waals surface area (Å²) in [6, 6.07) is 11.4. The van der Waals surface area contributed by atoms with Gasteiger partial charge in [0, 0.05) is 0 Å². The smallest absolute Gasteiger partial charge is 0.282 e. The van der Waals surface area contributed by atoms with Crippen LogP contribution in [0.1, 0.15) is 5.56 Å². The fourth-order valence-corrected chi connectivity index (χ4v) is 2.11. The first-order chi connectivity index (χ1) is 10.5. The molecule has 0 bridgehead atoms. The second-order valence-electron chi connectivity index (χ2n) is 4.71. The fourth-order valence-electron chi connectivity index (χ4n) is 2.11. The summed E-state index contributed by atoms with van der Waals surface area (Å²) in [5, 5.41) is 10.5. The number of hydrogen-bond acceptors (Lipinski definition) is 3. The minimum Gasteiger partial charge on any atom is -0.508 e. The molecule has 0 saturated carbocycles. The molecular formula is C16H11FN2O3. The van der Waals surface area contributed by atoms with E-state index in [0.29, 0.717) is 11.3 Å². The van der Waals surface area contributed by atoms with Gasteiger partial charge in [0.15, 0.2) is 0 Å². The lowest BCUT2D eigenvalue weighted by molar-refractivity contribution is -0.117. The van der Waals surface area contributed by atoms with Gasteiger partial charge in [-0.2, -0.15) is 0 Å². The number of carbonyl (C=O) groups excluding carboxylic acids is 2. The monoisotopic (exact) mass is 298 g/mol. The Hall–Kier alpha value is -3.15. The molecule has 0 aromatic heterocycles. The Morgan fingerprint density at radius 3 is 2.50 bits per heavy atom. The van der Waals surface area contributed by atoms with Crippen LogP contribution in [0.2, 0.25) is 0 Å². The highest BCUT2D eigenvalue weighted by molar-refractivity contribution is 6.31. The minimum atomic E-state index is -0.558. The zero-order valence-corrected chi connectivity index (χ0v) is 11.3. The number of halogens is 1. The summed E-state index contributed by atoms with van der Waals surface area (Å²) in [6.45, 7) is 0. The second-order valence-corrected chi connectivity index (χ2v) is 4.71. The Morgan fingerprint density at radius 1 is 1.09 bits per heavy atom. The quantitative estimate of drug-likeness (QED) is 0.658. The van der Waals surface area contributed by atoms with Gasteiger partial charge in [-0.3, -0.25) is 15.0 Å². The molecule has 1 aliphatic heterocycles. The molecule has 3 rings (SSSR count). The SMILES string of the molecule is O=C1NN(c2ccc(F)cc2)C(=O)C1=Cc1cccc(O)c1. The predicted octanol–water partition coefficient (Wildman–Crippen LogP) is 1.99. The number of nitrogens with zero attached hydrogens (tertiary/aromatic N) is 1. The van der Waals surface area contributed by atoms with Crippen molar-refractivity contribution in [3.8, 4) is 5.75 Å². The summed E-state index contributed by atoms with van der Waals surface area (Å²) in [5.74, 6) is -1.49. The Kier molecular flexibility index (Phi) is 3.34. The lowest BCUT2D eigenvalue weighted by atomic mass is 10.1. The van der Waals surface area contributed by atoms with Crippen molar-refractivity contribution in [3.63, 3.8) is 0 Å². The van der Waals surface area contributed by atoms with Crippen LogP contribution >= 0.6 is 0 Å². The van der Waals surface area contributed by atoms with Crippen molar-refractivity contribution in [1.82, 2.24) is 5.43 Å². The molecule has 0 atom stereocenters. The lowest BCUT2D eigenvalue weighted by Crippen LogP contribution is -2.35. The van der Waals surface area contributed by atoms with Gasteiger partial charge in [0.25, 0.3) is 11.8 Å². The molecule has 0 spiro atoms. The Balaban J connectivity index is 1.93. The Bertz CT molecular complexity index is 784. The molecule has 0 radical (unpaired) electrons. The summed E-state index contributed by atoms with van der Waals surface area (Å²) >= 11 is 0. The number of carbonyl (C=O) groups is 2. The van der Waals surface area contributed by atoms with E-state index in [2.05, 4.69) is 5.43 Å². The Morgan fingerprint density at radius 2 is 1.82 bits per heavy atom. The van der Waals surface area contributed by atoms with Crippen molar-refractivity contribution in [3.05, 3.63) is 65.5 Å². The molecule has 1 aliphatic rings. The largest absolute Gasteiger partial charge is 0.508 e. The van der Waals surface area contributed by atoms with Crippen LogP contribution in [0, 0.1) is 5.82 Å². The molecule has 2 aromatic rings. The van der Waals surface area contributed by atoms with E-state index >= 15 is 0 Å². The third-order valence-electron chi connectivity index (χ3n) is 3.16. The molecule has 0 aliphatic carbocycles. The third-order valence-corrected chi connectivity index (χ3v) is 3.16. The van der Waals surface area contributed by atoms with Gasteiger partial charge in [-0.05, 0) is 48.0 Å². The number of phenolic OH excluding ortho intramolecular Hbond substituents is 1. The number of aromatic hydroxyl groups is 1. The highest BCUT2D eigenvalue weighted by atomic mass is 19.1. The molecule has 22 heavy (non-hydrogen) atoms. The fraction of sp³-hybridized carbons (Fsp3) is 0. The minimum absolute atomic E-state index is 0.0376. The molecule has 6 heteroatoms. The van der Waals surface area contributed by atoms with Gasteiger partial charge in [-0.15, -0.1) is 0 Å². The molecule has 1 heterocycles. The van der Waals surface area contributed by atoms with E-state index in [4.69, 9.17) is 0 Å². The molecule has 0 unspecified atom stereocenters. The zero-order chi connectivity index (χ0) is 15.7. The first kappa shape index (κ1) is 13.8. The molecule has 110 valence electrons. The zero-order valence-electron chi connectivity index (χ0n) is 11.3. The molecule has 1 fully saturated rings. The van der Waals surface area contributed by atoms with Crippen LogP contribution in [0.15, 0.2) is 54.1 Å². The first-order valence-electron chi connectivity index (χ1n) is 6.46. The number of phenols is 1. The van der Waals surface area contributed by atoms with E-state index in [1.54, 1.807) is 12.1 Å². The average Bonchev–Trinajstić information content (AvgIpc) is 2.76. The van der Waals surface area contributed by atoms with E-state index in [1.807, 2.05) is 0 Å². The van der Waals surface area contributed by atoms with Crippen LogP contribution in [0.25, 0.3) is 6.08 Å². The number of hydrazine groups is 1. The van der Waals surface area contributed by atoms with Crippen LogP contribution in [0.3, 0.4) is 0 Å². The van der Waals surface area contributed by atoms with Crippen LogP contribution in [-0.4, -0.2) is 16.9 Å². The third kappa shape index (κ3) is 2.54. The summed E-state index contributed by atoms with van der Waals surface area (Å²) in [5.41, 5.74) is 3.24. The second kappa shape index (κ2) is 5.33. The van der Waals surface area contributed by atoms with E-state index in [1.165, 1.54) is 42.5 Å². The van der Waals surface area contributed by atoms with Crippen LogP contribution < -0.4 is 10.4 Å².